The second-order valence-corrected chi connectivity index (χ2v) is 8.23. The molecule has 0 radical (unpaired) electrons. The molecule has 3 aromatic rings. The normalized spacial score (nSPS) is 16.4. The SMILES string of the molecule is Cc1ccc(Cl)c(Oc2cc(N3CCN(C(=O)/C=C/c4ccccc4)[C@H](C)C3)ncn2)c1. The summed E-state index contributed by atoms with van der Waals surface area (Å²) in [7, 11) is 0. The van der Waals surface area contributed by atoms with Gasteiger partial charge in [0.1, 0.15) is 17.9 Å². The van der Waals surface area contributed by atoms with Gasteiger partial charge in [-0.25, -0.2) is 9.97 Å². The lowest BCUT2D eigenvalue weighted by Crippen LogP contribution is -2.54. The number of hydrogen-bond donors (Lipinski definition) is 0. The van der Waals surface area contributed by atoms with E-state index >= 15 is 0 Å². The molecule has 0 bridgehead atoms. The van der Waals surface area contributed by atoms with E-state index in [2.05, 4.69) is 14.9 Å². The van der Waals surface area contributed by atoms with Gasteiger partial charge < -0.3 is 14.5 Å². The van der Waals surface area contributed by atoms with Gasteiger partial charge in [0.2, 0.25) is 11.8 Å². The second-order valence-electron chi connectivity index (χ2n) is 7.82. The number of nitrogens with zero attached hydrogens (tertiary/aromatic N) is 4. The molecular weight excluding hydrogens is 424 g/mol. The third kappa shape index (κ3) is 5.26. The minimum atomic E-state index is 0.0156. The van der Waals surface area contributed by atoms with Gasteiger partial charge in [0.05, 0.1) is 5.02 Å². The minimum Gasteiger partial charge on any atom is -0.437 e. The smallest absolute Gasteiger partial charge is 0.246 e. The Bertz CT molecular complexity index is 1120. The molecule has 6 nitrogen and oxygen atoms in total. The lowest BCUT2D eigenvalue weighted by Gasteiger charge is -2.40. The fraction of sp³-hybridized carbons (Fsp3) is 0.240. The molecular formula is C25H25ClN4O2. The number of benzene rings is 2. The summed E-state index contributed by atoms with van der Waals surface area (Å²) in [6, 6.07) is 17.3. The number of aryl methyl sites for hydroxylation is 1. The van der Waals surface area contributed by atoms with Gasteiger partial charge in [-0.05, 0) is 43.2 Å². The van der Waals surface area contributed by atoms with Crippen molar-refractivity contribution in [1.29, 1.82) is 0 Å². The molecule has 0 spiro atoms. The van der Waals surface area contributed by atoms with Crippen LogP contribution in [0.1, 0.15) is 18.1 Å². The first kappa shape index (κ1) is 21.8. The van der Waals surface area contributed by atoms with Crippen LogP contribution in [-0.2, 0) is 4.79 Å². The molecule has 0 saturated carbocycles. The van der Waals surface area contributed by atoms with Gasteiger partial charge in [-0.1, -0.05) is 48.0 Å². The van der Waals surface area contributed by atoms with Crippen LogP contribution in [0.15, 0.2) is 67.0 Å². The van der Waals surface area contributed by atoms with Crippen molar-refractivity contribution in [2.24, 2.45) is 0 Å². The number of hydrogen-bond acceptors (Lipinski definition) is 5. The number of piperazine rings is 1. The van der Waals surface area contributed by atoms with Crippen LogP contribution in [-0.4, -0.2) is 46.5 Å². The summed E-state index contributed by atoms with van der Waals surface area (Å²) >= 11 is 6.24. The van der Waals surface area contributed by atoms with E-state index < -0.39 is 0 Å². The standard InChI is InChI=1S/C25H25ClN4O2/c1-18-8-10-21(26)22(14-18)32-24-15-23(27-17-28-24)29-12-13-30(19(2)16-29)25(31)11-9-20-6-4-3-5-7-20/h3-11,14-15,17,19H,12-13,16H2,1-2H3/b11-9+/t19-/m1/s1. The van der Waals surface area contributed by atoms with Gasteiger partial charge in [0.25, 0.3) is 0 Å². The van der Waals surface area contributed by atoms with Crippen LogP contribution in [0.4, 0.5) is 5.82 Å². The lowest BCUT2D eigenvalue weighted by molar-refractivity contribution is -0.128. The molecule has 164 valence electrons. The maximum absolute atomic E-state index is 12.7. The van der Waals surface area contributed by atoms with Crippen molar-refractivity contribution >= 4 is 29.4 Å². The highest BCUT2D eigenvalue weighted by molar-refractivity contribution is 6.32. The van der Waals surface area contributed by atoms with E-state index in [1.807, 2.05) is 67.3 Å². The highest BCUT2D eigenvalue weighted by atomic mass is 35.5. The number of anilines is 1. The van der Waals surface area contributed by atoms with Crippen molar-refractivity contribution in [3.05, 3.63) is 83.2 Å². The van der Waals surface area contributed by atoms with E-state index in [9.17, 15) is 4.79 Å². The van der Waals surface area contributed by atoms with E-state index in [1.54, 1.807) is 18.2 Å². The first-order valence-electron chi connectivity index (χ1n) is 10.5. The average molecular weight is 449 g/mol. The van der Waals surface area contributed by atoms with Crippen LogP contribution in [0.25, 0.3) is 6.08 Å². The van der Waals surface area contributed by atoms with Crippen LogP contribution in [0, 0.1) is 6.92 Å². The quantitative estimate of drug-likeness (QED) is 0.515. The molecule has 32 heavy (non-hydrogen) atoms. The summed E-state index contributed by atoms with van der Waals surface area (Å²) in [5.41, 5.74) is 2.06. The highest BCUT2D eigenvalue weighted by Crippen LogP contribution is 2.30. The van der Waals surface area contributed by atoms with Gasteiger partial charge in [-0.15, -0.1) is 0 Å². The zero-order valence-electron chi connectivity index (χ0n) is 18.1. The number of ether oxygens (including phenoxy) is 1. The summed E-state index contributed by atoms with van der Waals surface area (Å²) in [5, 5.41) is 0.528. The predicted molar refractivity (Wildman–Crippen MR) is 127 cm³/mol. The van der Waals surface area contributed by atoms with E-state index in [4.69, 9.17) is 16.3 Å². The topological polar surface area (TPSA) is 58.6 Å². The number of halogens is 1. The Kier molecular flexibility index (Phi) is 6.71. The van der Waals surface area contributed by atoms with Crippen LogP contribution < -0.4 is 9.64 Å². The summed E-state index contributed by atoms with van der Waals surface area (Å²) in [4.78, 5) is 25.4. The van der Waals surface area contributed by atoms with Gasteiger partial charge in [0.15, 0.2) is 0 Å². The Balaban J connectivity index is 1.41. The van der Waals surface area contributed by atoms with E-state index in [0.29, 0.717) is 36.3 Å². The second kappa shape index (κ2) is 9.83. The largest absolute Gasteiger partial charge is 0.437 e. The molecule has 2 aromatic carbocycles. The van der Waals surface area contributed by atoms with Gasteiger partial charge in [0, 0.05) is 37.8 Å². The van der Waals surface area contributed by atoms with Crippen molar-refractivity contribution in [2.45, 2.75) is 19.9 Å². The third-order valence-corrected chi connectivity index (χ3v) is 5.69. The van der Waals surface area contributed by atoms with Crippen LogP contribution >= 0.6 is 11.6 Å². The Labute approximate surface area is 193 Å². The van der Waals surface area contributed by atoms with Gasteiger partial charge in [-0.3, -0.25) is 4.79 Å². The number of aromatic nitrogens is 2. The van der Waals surface area contributed by atoms with Crippen LogP contribution in [0.3, 0.4) is 0 Å². The maximum Gasteiger partial charge on any atom is 0.246 e. The number of amides is 1. The van der Waals surface area contributed by atoms with Crippen LogP contribution in [0.5, 0.6) is 11.6 Å². The Hall–Kier alpha value is -3.38. The zero-order valence-corrected chi connectivity index (χ0v) is 18.9. The molecule has 1 aliphatic rings. The molecule has 1 atom stereocenters. The molecule has 1 aliphatic heterocycles. The Morgan fingerprint density at radius 1 is 1.12 bits per heavy atom. The predicted octanol–water partition coefficient (Wildman–Crippen LogP) is 4.98. The summed E-state index contributed by atoms with van der Waals surface area (Å²) in [5.74, 6) is 1.77. The molecule has 4 rings (SSSR count). The van der Waals surface area contributed by atoms with Crippen molar-refractivity contribution in [2.75, 3.05) is 24.5 Å². The maximum atomic E-state index is 12.7. The van der Waals surface area contributed by atoms with E-state index in [0.717, 1.165) is 16.9 Å². The van der Waals surface area contributed by atoms with E-state index in [-0.39, 0.29) is 11.9 Å². The molecule has 0 N–H and O–H groups in total. The first-order valence-corrected chi connectivity index (χ1v) is 10.9. The zero-order chi connectivity index (χ0) is 22.5. The first-order chi connectivity index (χ1) is 15.5. The average Bonchev–Trinajstić information content (AvgIpc) is 2.81. The van der Waals surface area contributed by atoms with E-state index in [1.165, 1.54) is 6.33 Å². The molecule has 1 fully saturated rings. The molecule has 1 aromatic heterocycles. The van der Waals surface area contributed by atoms with Gasteiger partial charge >= 0.3 is 0 Å². The highest BCUT2D eigenvalue weighted by Gasteiger charge is 2.27. The molecule has 7 heteroatoms. The monoisotopic (exact) mass is 448 g/mol. The lowest BCUT2D eigenvalue weighted by atomic mass is 10.1. The van der Waals surface area contributed by atoms with Crippen LogP contribution in [0.2, 0.25) is 5.02 Å². The third-order valence-electron chi connectivity index (χ3n) is 5.38. The minimum absolute atomic E-state index is 0.0156. The number of carbonyl (C=O) groups excluding carboxylic acids is 1. The van der Waals surface area contributed by atoms with Crippen molar-refractivity contribution < 1.29 is 9.53 Å². The summed E-state index contributed by atoms with van der Waals surface area (Å²) < 4.78 is 5.90. The molecule has 2 heterocycles. The molecule has 0 unspecified atom stereocenters. The number of carbonyl (C=O) groups is 1. The Morgan fingerprint density at radius 3 is 2.72 bits per heavy atom. The van der Waals surface area contributed by atoms with Crippen molar-refractivity contribution in [1.82, 2.24) is 14.9 Å². The fourth-order valence-corrected chi connectivity index (χ4v) is 3.84. The van der Waals surface area contributed by atoms with Gasteiger partial charge in [-0.2, -0.15) is 0 Å². The molecule has 0 aliphatic carbocycles. The Morgan fingerprint density at radius 2 is 1.94 bits per heavy atom. The van der Waals surface area contributed by atoms with Crippen molar-refractivity contribution in [3.63, 3.8) is 0 Å². The van der Waals surface area contributed by atoms with Crippen molar-refractivity contribution in [3.8, 4) is 11.6 Å². The molecule has 1 saturated heterocycles. The fourth-order valence-electron chi connectivity index (χ4n) is 3.68. The summed E-state index contributed by atoms with van der Waals surface area (Å²) in [6.07, 6.45) is 4.98. The number of rotatable bonds is 5. The summed E-state index contributed by atoms with van der Waals surface area (Å²) in [6.45, 7) is 5.99. The molecule has 1 amide bonds.